The van der Waals surface area contributed by atoms with Crippen molar-refractivity contribution in [3.8, 4) is 11.1 Å². The van der Waals surface area contributed by atoms with Crippen molar-refractivity contribution in [2.45, 2.75) is 13.8 Å². The molecule has 0 aliphatic carbocycles. The first-order valence-corrected chi connectivity index (χ1v) is 7.79. The van der Waals surface area contributed by atoms with Crippen LogP contribution in [-0.2, 0) is 0 Å². The van der Waals surface area contributed by atoms with E-state index in [1.54, 1.807) is 0 Å². The molecular weight excluding hydrogens is 298 g/mol. The summed E-state index contributed by atoms with van der Waals surface area (Å²) in [5, 5.41) is 3.28. The van der Waals surface area contributed by atoms with Crippen molar-refractivity contribution in [2.75, 3.05) is 5.32 Å². The highest BCUT2D eigenvalue weighted by Gasteiger charge is 2.05. The maximum atomic E-state index is 4.59. The van der Waals surface area contributed by atoms with Crippen LogP contribution in [0.1, 0.15) is 11.4 Å². The normalized spacial score (nSPS) is 10.9. The summed E-state index contributed by atoms with van der Waals surface area (Å²) in [6.07, 6.45) is 7.70. The van der Waals surface area contributed by atoms with Crippen molar-refractivity contribution in [3.63, 3.8) is 0 Å². The summed E-state index contributed by atoms with van der Waals surface area (Å²) in [5.41, 5.74) is 6.10. The van der Waals surface area contributed by atoms with Crippen LogP contribution < -0.4 is 5.32 Å². The number of aryl methyl sites for hydroxylation is 2. The maximum absolute atomic E-state index is 4.59. The molecule has 4 aromatic heterocycles. The van der Waals surface area contributed by atoms with E-state index in [4.69, 9.17) is 0 Å². The summed E-state index contributed by atoms with van der Waals surface area (Å²) in [5.74, 6) is 0.795. The topological polar surface area (TPSA) is 55.1 Å². The summed E-state index contributed by atoms with van der Waals surface area (Å²) in [6.45, 7) is 3.97. The van der Waals surface area contributed by atoms with Crippen LogP contribution in [0.15, 0.2) is 61.2 Å². The standard InChI is InChI=1S/C19H17N5/c1-13-3-5-17(10-21-13)22-18-12-24-11-16(4-6-19(24)23-18)15-7-8-20-14(2)9-15/h3-12,22H,1-2H3. The molecule has 0 bridgehead atoms. The smallest absolute Gasteiger partial charge is 0.149 e. The Morgan fingerprint density at radius 2 is 1.79 bits per heavy atom. The first-order valence-electron chi connectivity index (χ1n) is 7.79. The van der Waals surface area contributed by atoms with E-state index in [2.05, 4.69) is 38.6 Å². The number of rotatable bonds is 3. The van der Waals surface area contributed by atoms with Crippen molar-refractivity contribution in [3.05, 3.63) is 72.6 Å². The van der Waals surface area contributed by atoms with Crippen LogP contribution in [0.2, 0.25) is 0 Å². The number of imidazole rings is 1. The number of hydrogen-bond acceptors (Lipinski definition) is 4. The summed E-state index contributed by atoms with van der Waals surface area (Å²) in [7, 11) is 0. The molecule has 4 rings (SSSR count). The summed E-state index contributed by atoms with van der Waals surface area (Å²) < 4.78 is 2.02. The lowest BCUT2D eigenvalue weighted by Crippen LogP contribution is -1.91. The second kappa shape index (κ2) is 5.77. The molecule has 4 heterocycles. The monoisotopic (exact) mass is 315 g/mol. The fourth-order valence-electron chi connectivity index (χ4n) is 2.64. The van der Waals surface area contributed by atoms with E-state index in [1.165, 1.54) is 0 Å². The van der Waals surface area contributed by atoms with Crippen molar-refractivity contribution >= 4 is 17.2 Å². The average molecular weight is 315 g/mol. The second-order valence-corrected chi connectivity index (χ2v) is 5.81. The zero-order valence-electron chi connectivity index (χ0n) is 13.6. The molecule has 0 unspecified atom stereocenters. The predicted molar refractivity (Wildman–Crippen MR) is 95.4 cm³/mol. The highest BCUT2D eigenvalue weighted by atomic mass is 15.1. The van der Waals surface area contributed by atoms with Crippen molar-refractivity contribution < 1.29 is 0 Å². The van der Waals surface area contributed by atoms with Gasteiger partial charge in [0, 0.05) is 23.8 Å². The quantitative estimate of drug-likeness (QED) is 0.617. The third-order valence-corrected chi connectivity index (χ3v) is 3.86. The van der Waals surface area contributed by atoms with Gasteiger partial charge >= 0.3 is 0 Å². The molecule has 0 saturated heterocycles. The van der Waals surface area contributed by atoms with Gasteiger partial charge in [-0.2, -0.15) is 0 Å². The molecule has 118 valence electrons. The molecule has 0 radical (unpaired) electrons. The molecule has 0 fully saturated rings. The first-order chi connectivity index (χ1) is 11.7. The Labute approximate surface area is 140 Å². The average Bonchev–Trinajstić information content (AvgIpc) is 2.98. The Morgan fingerprint density at radius 1 is 0.875 bits per heavy atom. The number of anilines is 2. The van der Waals surface area contributed by atoms with Gasteiger partial charge in [0.25, 0.3) is 0 Å². The molecule has 0 aliphatic heterocycles. The van der Waals surface area contributed by atoms with Gasteiger partial charge in [0.1, 0.15) is 11.5 Å². The zero-order chi connectivity index (χ0) is 16.5. The molecule has 0 spiro atoms. The van der Waals surface area contributed by atoms with E-state index in [0.717, 1.165) is 39.7 Å². The molecule has 1 N–H and O–H groups in total. The van der Waals surface area contributed by atoms with Gasteiger partial charge in [0.15, 0.2) is 0 Å². The molecule has 0 aromatic carbocycles. The highest BCUT2D eigenvalue weighted by Crippen LogP contribution is 2.22. The van der Waals surface area contributed by atoms with Gasteiger partial charge in [0.2, 0.25) is 0 Å². The Bertz CT molecular complexity index is 1000. The van der Waals surface area contributed by atoms with Gasteiger partial charge in [-0.1, -0.05) is 0 Å². The number of pyridine rings is 3. The summed E-state index contributed by atoms with van der Waals surface area (Å²) in [6, 6.07) is 12.2. The SMILES string of the molecule is Cc1ccc(Nc2cn3cc(-c4ccnc(C)c4)ccc3n2)cn1. The van der Waals surface area contributed by atoms with E-state index >= 15 is 0 Å². The maximum Gasteiger partial charge on any atom is 0.149 e. The molecule has 0 saturated carbocycles. The minimum Gasteiger partial charge on any atom is -0.338 e. The van der Waals surface area contributed by atoms with E-state index in [0.29, 0.717) is 0 Å². The van der Waals surface area contributed by atoms with Crippen LogP contribution in [-0.4, -0.2) is 19.4 Å². The van der Waals surface area contributed by atoms with Crippen LogP contribution in [0.4, 0.5) is 11.5 Å². The molecule has 5 heteroatoms. The van der Waals surface area contributed by atoms with Gasteiger partial charge in [0.05, 0.1) is 18.1 Å². The Hall–Kier alpha value is -3.21. The van der Waals surface area contributed by atoms with Crippen LogP contribution >= 0.6 is 0 Å². The molecule has 0 aliphatic rings. The number of aromatic nitrogens is 4. The lowest BCUT2D eigenvalue weighted by Gasteiger charge is -2.03. The van der Waals surface area contributed by atoms with Crippen molar-refractivity contribution in [1.29, 1.82) is 0 Å². The van der Waals surface area contributed by atoms with Gasteiger partial charge in [-0.05, 0) is 61.4 Å². The third kappa shape index (κ3) is 2.84. The molecular formula is C19H17N5. The Morgan fingerprint density at radius 3 is 2.58 bits per heavy atom. The number of nitrogens with zero attached hydrogens (tertiary/aromatic N) is 4. The minimum atomic E-state index is 0.795. The number of fused-ring (bicyclic) bond motifs is 1. The fraction of sp³-hybridized carbons (Fsp3) is 0.105. The van der Waals surface area contributed by atoms with Crippen LogP contribution in [0.5, 0.6) is 0 Å². The largest absolute Gasteiger partial charge is 0.338 e. The van der Waals surface area contributed by atoms with E-state index in [-0.39, 0.29) is 0 Å². The minimum absolute atomic E-state index is 0.795. The van der Waals surface area contributed by atoms with E-state index in [1.807, 2.05) is 61.1 Å². The molecule has 4 aromatic rings. The van der Waals surface area contributed by atoms with Gasteiger partial charge in [-0.3, -0.25) is 9.97 Å². The fourth-order valence-corrected chi connectivity index (χ4v) is 2.64. The highest BCUT2D eigenvalue weighted by molar-refractivity contribution is 5.66. The van der Waals surface area contributed by atoms with Crippen LogP contribution in [0.3, 0.4) is 0 Å². The van der Waals surface area contributed by atoms with Gasteiger partial charge < -0.3 is 9.72 Å². The van der Waals surface area contributed by atoms with Crippen molar-refractivity contribution in [1.82, 2.24) is 19.4 Å². The third-order valence-electron chi connectivity index (χ3n) is 3.86. The second-order valence-electron chi connectivity index (χ2n) is 5.81. The molecule has 24 heavy (non-hydrogen) atoms. The lowest BCUT2D eigenvalue weighted by atomic mass is 10.1. The molecule has 0 atom stereocenters. The Kier molecular flexibility index (Phi) is 3.46. The predicted octanol–water partition coefficient (Wildman–Crippen LogP) is 4.15. The van der Waals surface area contributed by atoms with Crippen molar-refractivity contribution in [2.24, 2.45) is 0 Å². The number of hydrogen-bond donors (Lipinski definition) is 1. The Balaban J connectivity index is 1.67. The van der Waals surface area contributed by atoms with Crippen LogP contribution in [0.25, 0.3) is 16.8 Å². The lowest BCUT2D eigenvalue weighted by molar-refractivity contribution is 1.18. The molecule has 0 amide bonds. The zero-order valence-corrected chi connectivity index (χ0v) is 13.6. The summed E-state index contributed by atoms with van der Waals surface area (Å²) >= 11 is 0. The van der Waals surface area contributed by atoms with E-state index < -0.39 is 0 Å². The first kappa shape index (κ1) is 14.4. The summed E-state index contributed by atoms with van der Waals surface area (Å²) in [4.78, 5) is 13.1. The molecule has 5 nitrogen and oxygen atoms in total. The number of nitrogens with one attached hydrogen (secondary N) is 1. The van der Waals surface area contributed by atoms with Gasteiger partial charge in [-0.15, -0.1) is 0 Å². The van der Waals surface area contributed by atoms with Gasteiger partial charge in [-0.25, -0.2) is 4.98 Å². The van der Waals surface area contributed by atoms with E-state index in [9.17, 15) is 0 Å². The van der Waals surface area contributed by atoms with Crippen LogP contribution in [0, 0.1) is 13.8 Å².